The van der Waals surface area contributed by atoms with Gasteiger partial charge in [0.25, 0.3) is 5.56 Å². The predicted octanol–water partition coefficient (Wildman–Crippen LogP) is 2.05. The number of carbonyl (C=O) groups excluding carboxylic acids is 1. The molecule has 0 saturated heterocycles. The molecule has 0 aliphatic heterocycles. The molecule has 1 aromatic carbocycles. The van der Waals surface area contributed by atoms with Gasteiger partial charge < -0.3 is 5.32 Å². The van der Waals surface area contributed by atoms with Crippen molar-refractivity contribution in [2.24, 2.45) is 7.05 Å². The molecule has 3 rings (SSSR count). The SMILES string of the molecule is CC(NC(=O)CCn1cnc2c(cnn2C)c1=O)c1ccccc1Cl. The van der Waals surface area contributed by atoms with E-state index in [1.165, 1.54) is 17.1 Å². The van der Waals surface area contributed by atoms with Gasteiger partial charge in [0.2, 0.25) is 5.91 Å². The number of aromatic nitrogens is 4. The number of carbonyl (C=O) groups is 1. The van der Waals surface area contributed by atoms with E-state index in [0.717, 1.165) is 5.56 Å². The molecule has 1 N–H and O–H groups in total. The number of hydrogen-bond donors (Lipinski definition) is 1. The minimum absolute atomic E-state index is 0.161. The van der Waals surface area contributed by atoms with Crippen molar-refractivity contribution in [1.29, 1.82) is 0 Å². The van der Waals surface area contributed by atoms with Crippen LogP contribution >= 0.6 is 11.6 Å². The van der Waals surface area contributed by atoms with Crippen molar-refractivity contribution in [2.45, 2.75) is 25.9 Å². The van der Waals surface area contributed by atoms with Crippen molar-refractivity contribution >= 4 is 28.5 Å². The molecule has 8 heteroatoms. The highest BCUT2D eigenvalue weighted by Gasteiger charge is 2.13. The Labute approximate surface area is 149 Å². The molecule has 0 radical (unpaired) electrons. The molecule has 0 aliphatic rings. The molecule has 0 spiro atoms. The van der Waals surface area contributed by atoms with E-state index >= 15 is 0 Å². The first-order valence-electron chi connectivity index (χ1n) is 7.88. The van der Waals surface area contributed by atoms with E-state index in [1.807, 2.05) is 25.1 Å². The number of halogens is 1. The lowest BCUT2D eigenvalue weighted by Crippen LogP contribution is -2.29. The Bertz CT molecular complexity index is 979. The average Bonchev–Trinajstić information content (AvgIpc) is 2.96. The van der Waals surface area contributed by atoms with Gasteiger partial charge in [-0.15, -0.1) is 0 Å². The fourth-order valence-corrected chi connectivity index (χ4v) is 2.96. The molecule has 2 aromatic heterocycles. The first-order chi connectivity index (χ1) is 12.0. The highest BCUT2D eigenvalue weighted by molar-refractivity contribution is 6.31. The molecule has 0 bridgehead atoms. The normalized spacial score (nSPS) is 12.3. The van der Waals surface area contributed by atoms with Crippen LogP contribution in [0.15, 0.2) is 41.6 Å². The fraction of sp³-hybridized carbons (Fsp3) is 0.294. The lowest BCUT2D eigenvalue weighted by molar-refractivity contribution is -0.121. The van der Waals surface area contributed by atoms with Crippen LogP contribution in [0.4, 0.5) is 0 Å². The summed E-state index contributed by atoms with van der Waals surface area (Å²) in [5.41, 5.74) is 1.18. The number of rotatable bonds is 5. The lowest BCUT2D eigenvalue weighted by atomic mass is 10.1. The summed E-state index contributed by atoms with van der Waals surface area (Å²) >= 11 is 6.14. The van der Waals surface area contributed by atoms with Crippen molar-refractivity contribution in [1.82, 2.24) is 24.6 Å². The highest BCUT2D eigenvalue weighted by atomic mass is 35.5. The van der Waals surface area contributed by atoms with Gasteiger partial charge in [0.1, 0.15) is 5.39 Å². The zero-order valence-electron chi connectivity index (χ0n) is 13.9. The van der Waals surface area contributed by atoms with Gasteiger partial charge in [-0.05, 0) is 18.6 Å². The third-order valence-corrected chi connectivity index (χ3v) is 4.39. The Balaban J connectivity index is 1.66. The minimum atomic E-state index is -0.211. The Kier molecular flexibility index (Phi) is 4.85. The largest absolute Gasteiger partial charge is 0.349 e. The van der Waals surface area contributed by atoms with E-state index in [0.29, 0.717) is 16.1 Å². The lowest BCUT2D eigenvalue weighted by Gasteiger charge is -2.16. The molecular formula is C17H18ClN5O2. The van der Waals surface area contributed by atoms with Gasteiger partial charge in [0.15, 0.2) is 5.65 Å². The van der Waals surface area contributed by atoms with Gasteiger partial charge in [-0.25, -0.2) is 4.98 Å². The van der Waals surface area contributed by atoms with Crippen LogP contribution in [-0.4, -0.2) is 25.2 Å². The number of aryl methyl sites for hydroxylation is 2. The molecule has 1 unspecified atom stereocenters. The maximum absolute atomic E-state index is 12.4. The van der Waals surface area contributed by atoms with Crippen LogP contribution in [0.25, 0.3) is 11.0 Å². The number of nitrogens with one attached hydrogen (secondary N) is 1. The third-order valence-electron chi connectivity index (χ3n) is 4.05. The van der Waals surface area contributed by atoms with E-state index in [-0.39, 0.29) is 30.5 Å². The summed E-state index contributed by atoms with van der Waals surface area (Å²) in [6.07, 6.45) is 3.10. The number of benzene rings is 1. The average molecular weight is 360 g/mol. The monoisotopic (exact) mass is 359 g/mol. The van der Waals surface area contributed by atoms with Gasteiger partial charge in [-0.3, -0.25) is 18.8 Å². The van der Waals surface area contributed by atoms with Crippen LogP contribution in [0.3, 0.4) is 0 Å². The Morgan fingerprint density at radius 1 is 1.36 bits per heavy atom. The highest BCUT2D eigenvalue weighted by Crippen LogP contribution is 2.22. The summed E-state index contributed by atoms with van der Waals surface area (Å²) < 4.78 is 2.96. The second-order valence-electron chi connectivity index (χ2n) is 5.81. The van der Waals surface area contributed by atoms with Crippen LogP contribution in [-0.2, 0) is 18.4 Å². The standard InChI is InChI=1S/C17H18ClN5O2/c1-11(12-5-3-4-6-14(12)18)21-15(24)7-8-23-10-19-16-13(17(23)25)9-20-22(16)2/h3-6,9-11H,7-8H2,1-2H3,(H,21,24). The maximum Gasteiger partial charge on any atom is 0.264 e. The van der Waals surface area contributed by atoms with Gasteiger partial charge in [-0.1, -0.05) is 29.8 Å². The second-order valence-corrected chi connectivity index (χ2v) is 6.22. The summed E-state index contributed by atoms with van der Waals surface area (Å²) in [6.45, 7) is 2.12. The topological polar surface area (TPSA) is 81.8 Å². The summed E-state index contributed by atoms with van der Waals surface area (Å²) in [5.74, 6) is -0.161. The molecule has 0 aliphatic carbocycles. The number of amides is 1. The van der Waals surface area contributed by atoms with E-state index in [4.69, 9.17) is 11.6 Å². The smallest absolute Gasteiger partial charge is 0.264 e. The van der Waals surface area contributed by atoms with E-state index in [1.54, 1.807) is 17.8 Å². The van der Waals surface area contributed by atoms with Crippen LogP contribution < -0.4 is 10.9 Å². The molecule has 25 heavy (non-hydrogen) atoms. The molecular weight excluding hydrogens is 342 g/mol. The summed E-state index contributed by atoms with van der Waals surface area (Å²) in [7, 11) is 1.72. The summed E-state index contributed by atoms with van der Waals surface area (Å²) in [5, 5.41) is 7.96. The molecule has 130 valence electrons. The van der Waals surface area contributed by atoms with Crippen molar-refractivity contribution in [3.63, 3.8) is 0 Å². The molecule has 1 atom stereocenters. The Morgan fingerprint density at radius 3 is 2.88 bits per heavy atom. The predicted molar refractivity (Wildman–Crippen MR) is 95.4 cm³/mol. The van der Waals surface area contributed by atoms with Gasteiger partial charge in [-0.2, -0.15) is 5.10 Å². The molecule has 3 aromatic rings. The Morgan fingerprint density at radius 2 is 2.12 bits per heavy atom. The zero-order chi connectivity index (χ0) is 18.0. The fourth-order valence-electron chi connectivity index (χ4n) is 2.67. The van der Waals surface area contributed by atoms with Crippen LogP contribution in [0.1, 0.15) is 24.9 Å². The first kappa shape index (κ1) is 17.2. The van der Waals surface area contributed by atoms with Gasteiger partial charge in [0.05, 0.1) is 18.6 Å². The van der Waals surface area contributed by atoms with Crippen LogP contribution in [0.5, 0.6) is 0 Å². The van der Waals surface area contributed by atoms with E-state index < -0.39 is 0 Å². The van der Waals surface area contributed by atoms with Crippen molar-refractivity contribution in [3.05, 3.63) is 57.7 Å². The van der Waals surface area contributed by atoms with E-state index in [9.17, 15) is 9.59 Å². The Hall–Kier alpha value is -2.67. The number of nitrogens with zero attached hydrogens (tertiary/aromatic N) is 4. The summed E-state index contributed by atoms with van der Waals surface area (Å²) in [4.78, 5) is 28.8. The second kappa shape index (κ2) is 7.06. The van der Waals surface area contributed by atoms with Crippen molar-refractivity contribution in [2.75, 3.05) is 0 Å². The maximum atomic E-state index is 12.4. The third kappa shape index (κ3) is 3.56. The van der Waals surface area contributed by atoms with Gasteiger partial charge >= 0.3 is 0 Å². The first-order valence-corrected chi connectivity index (χ1v) is 8.26. The molecule has 1 amide bonds. The summed E-state index contributed by atoms with van der Waals surface area (Å²) in [6, 6.07) is 7.16. The molecule has 2 heterocycles. The van der Waals surface area contributed by atoms with Gasteiger partial charge in [0, 0.05) is 25.0 Å². The molecule has 0 fully saturated rings. The number of hydrogen-bond acceptors (Lipinski definition) is 4. The minimum Gasteiger partial charge on any atom is -0.349 e. The van der Waals surface area contributed by atoms with Crippen LogP contribution in [0.2, 0.25) is 5.02 Å². The zero-order valence-corrected chi connectivity index (χ0v) is 14.7. The number of fused-ring (bicyclic) bond motifs is 1. The molecule has 0 saturated carbocycles. The van der Waals surface area contributed by atoms with Crippen LogP contribution in [0, 0.1) is 0 Å². The van der Waals surface area contributed by atoms with Crippen molar-refractivity contribution in [3.8, 4) is 0 Å². The quantitative estimate of drug-likeness (QED) is 0.756. The van der Waals surface area contributed by atoms with Crippen molar-refractivity contribution < 1.29 is 4.79 Å². The van der Waals surface area contributed by atoms with E-state index in [2.05, 4.69) is 15.4 Å². The molecule has 7 nitrogen and oxygen atoms in total.